The second-order valence-corrected chi connectivity index (χ2v) is 7.38. The Hall–Kier alpha value is -3.02. The Morgan fingerprint density at radius 1 is 1.04 bits per heavy atom. The van der Waals surface area contributed by atoms with E-state index in [1.807, 2.05) is 24.3 Å². The van der Waals surface area contributed by atoms with Crippen molar-refractivity contribution in [3.63, 3.8) is 0 Å². The fourth-order valence-electron chi connectivity index (χ4n) is 2.46. The quantitative estimate of drug-likeness (QED) is 0.731. The third kappa shape index (κ3) is 6.01. The summed E-state index contributed by atoms with van der Waals surface area (Å²) in [5.41, 5.74) is 1.72. The molecule has 1 amide bonds. The normalized spacial score (nSPS) is 12.0. The summed E-state index contributed by atoms with van der Waals surface area (Å²) in [7, 11) is 1.51. The minimum absolute atomic E-state index is 0.0433. The van der Waals surface area contributed by atoms with Crippen molar-refractivity contribution in [3.8, 4) is 11.5 Å². The molecule has 1 atom stereocenters. The van der Waals surface area contributed by atoms with Crippen molar-refractivity contribution < 1.29 is 23.8 Å². The maximum Gasteiger partial charge on any atom is 0.344 e. The van der Waals surface area contributed by atoms with Gasteiger partial charge in [-0.3, -0.25) is 4.79 Å². The van der Waals surface area contributed by atoms with Crippen molar-refractivity contribution in [2.24, 2.45) is 0 Å². The smallest absolute Gasteiger partial charge is 0.344 e. The number of nitrogens with one attached hydrogen (secondary N) is 1. The van der Waals surface area contributed by atoms with Crippen LogP contribution in [0.15, 0.2) is 48.5 Å². The maximum atomic E-state index is 12.2. The van der Waals surface area contributed by atoms with Crippen molar-refractivity contribution in [2.75, 3.05) is 19.0 Å². The maximum absolute atomic E-state index is 12.2. The van der Waals surface area contributed by atoms with Gasteiger partial charge < -0.3 is 19.5 Å². The summed E-state index contributed by atoms with van der Waals surface area (Å²) in [5, 5.41) is 2.68. The topological polar surface area (TPSA) is 73.9 Å². The lowest BCUT2D eigenvalue weighted by molar-refractivity contribution is -0.155. The predicted molar refractivity (Wildman–Crippen MR) is 108 cm³/mol. The molecule has 2 rings (SSSR count). The number of methoxy groups -OCH3 is 1. The Morgan fingerprint density at radius 3 is 2.29 bits per heavy atom. The summed E-state index contributed by atoms with van der Waals surface area (Å²) < 4.78 is 15.8. The van der Waals surface area contributed by atoms with E-state index < -0.39 is 18.0 Å². The molecule has 0 aliphatic rings. The molecule has 6 nitrogen and oxygen atoms in total. The molecular weight excluding hydrogens is 358 g/mol. The number of carbonyl (C=O) groups is 2. The molecule has 0 aliphatic carbocycles. The highest BCUT2D eigenvalue weighted by Crippen LogP contribution is 2.25. The summed E-state index contributed by atoms with van der Waals surface area (Å²) in [6, 6.07) is 14.5. The van der Waals surface area contributed by atoms with Gasteiger partial charge >= 0.3 is 5.97 Å². The van der Waals surface area contributed by atoms with Crippen LogP contribution in [0.2, 0.25) is 0 Å². The van der Waals surface area contributed by atoms with E-state index in [9.17, 15) is 9.59 Å². The highest BCUT2D eigenvalue weighted by atomic mass is 16.6. The van der Waals surface area contributed by atoms with Crippen molar-refractivity contribution in [2.45, 2.75) is 39.2 Å². The standard InChI is InChI=1S/C22H27NO5/c1-15(21(25)23-18-8-6-7-9-19(18)26-5)28-20(24)14-27-17-12-10-16(11-13-17)22(2,3)4/h6-13,15H,14H2,1-5H3,(H,23,25)/t15-/m1/s1. The molecule has 0 spiro atoms. The van der Waals surface area contributed by atoms with Crippen molar-refractivity contribution >= 4 is 17.6 Å². The number of hydrogen-bond donors (Lipinski definition) is 1. The van der Waals surface area contributed by atoms with Crippen molar-refractivity contribution in [1.29, 1.82) is 0 Å². The molecule has 2 aromatic carbocycles. The average Bonchev–Trinajstić information content (AvgIpc) is 2.66. The SMILES string of the molecule is COc1ccccc1NC(=O)[C@@H](C)OC(=O)COc1ccc(C(C)(C)C)cc1. The molecule has 1 N–H and O–H groups in total. The lowest BCUT2D eigenvalue weighted by Crippen LogP contribution is -2.31. The van der Waals surface area contributed by atoms with E-state index in [1.54, 1.807) is 24.3 Å². The van der Waals surface area contributed by atoms with Gasteiger partial charge in [-0.2, -0.15) is 0 Å². The van der Waals surface area contributed by atoms with Crippen LogP contribution in [-0.2, 0) is 19.7 Å². The number of hydrogen-bond acceptors (Lipinski definition) is 5. The molecule has 2 aromatic rings. The van der Waals surface area contributed by atoms with E-state index in [4.69, 9.17) is 14.2 Å². The van der Waals surface area contributed by atoms with Crippen LogP contribution in [0.1, 0.15) is 33.3 Å². The van der Waals surface area contributed by atoms with Gasteiger partial charge in [0, 0.05) is 0 Å². The predicted octanol–water partition coefficient (Wildman–Crippen LogP) is 3.94. The molecule has 0 fully saturated rings. The number of rotatable bonds is 7. The Bertz CT molecular complexity index is 808. The molecule has 0 heterocycles. The first-order valence-corrected chi connectivity index (χ1v) is 9.07. The fraction of sp³-hybridized carbons (Fsp3) is 0.364. The molecular formula is C22H27NO5. The monoisotopic (exact) mass is 385 g/mol. The first kappa shape index (κ1) is 21.3. The van der Waals surface area contributed by atoms with Gasteiger partial charge in [0.05, 0.1) is 12.8 Å². The van der Waals surface area contributed by atoms with E-state index in [0.29, 0.717) is 17.2 Å². The second-order valence-electron chi connectivity index (χ2n) is 7.38. The van der Waals surface area contributed by atoms with Crippen LogP contribution < -0.4 is 14.8 Å². The molecule has 0 saturated heterocycles. The summed E-state index contributed by atoms with van der Waals surface area (Å²) >= 11 is 0. The summed E-state index contributed by atoms with van der Waals surface area (Å²) in [6.45, 7) is 7.59. The summed E-state index contributed by atoms with van der Waals surface area (Å²) in [4.78, 5) is 24.2. The number of anilines is 1. The molecule has 28 heavy (non-hydrogen) atoms. The third-order valence-electron chi connectivity index (χ3n) is 4.12. The third-order valence-corrected chi connectivity index (χ3v) is 4.12. The first-order valence-electron chi connectivity index (χ1n) is 9.07. The highest BCUT2D eigenvalue weighted by molar-refractivity contribution is 5.96. The minimum atomic E-state index is -0.968. The molecule has 6 heteroatoms. The summed E-state index contributed by atoms with van der Waals surface area (Å²) in [6.07, 6.45) is -0.968. The van der Waals surface area contributed by atoms with Gasteiger partial charge in [-0.15, -0.1) is 0 Å². The van der Waals surface area contributed by atoms with Gasteiger partial charge in [-0.05, 0) is 42.2 Å². The van der Waals surface area contributed by atoms with Crippen molar-refractivity contribution in [1.82, 2.24) is 0 Å². The molecule has 0 aromatic heterocycles. The van der Waals surface area contributed by atoms with Crippen LogP contribution in [0.25, 0.3) is 0 Å². The molecule has 0 saturated carbocycles. The van der Waals surface area contributed by atoms with Crippen LogP contribution in [0.3, 0.4) is 0 Å². The number of ether oxygens (including phenoxy) is 3. The lowest BCUT2D eigenvalue weighted by atomic mass is 9.87. The van der Waals surface area contributed by atoms with Crippen LogP contribution in [-0.4, -0.2) is 31.7 Å². The number of para-hydroxylation sites is 2. The van der Waals surface area contributed by atoms with E-state index in [1.165, 1.54) is 19.6 Å². The Balaban J connectivity index is 1.84. The van der Waals surface area contributed by atoms with Crippen LogP contribution >= 0.6 is 0 Å². The van der Waals surface area contributed by atoms with Gasteiger partial charge in [0.25, 0.3) is 5.91 Å². The van der Waals surface area contributed by atoms with E-state index >= 15 is 0 Å². The van der Waals surface area contributed by atoms with Crippen LogP contribution in [0.4, 0.5) is 5.69 Å². The van der Waals surface area contributed by atoms with Crippen LogP contribution in [0.5, 0.6) is 11.5 Å². The average molecular weight is 385 g/mol. The molecule has 0 unspecified atom stereocenters. The number of amides is 1. The molecule has 150 valence electrons. The number of benzene rings is 2. The van der Waals surface area contributed by atoms with E-state index in [0.717, 1.165) is 0 Å². The zero-order valence-corrected chi connectivity index (χ0v) is 16.9. The zero-order valence-electron chi connectivity index (χ0n) is 16.9. The Labute approximate surface area is 165 Å². The Morgan fingerprint density at radius 2 is 1.68 bits per heavy atom. The molecule has 0 radical (unpaired) electrons. The lowest BCUT2D eigenvalue weighted by Gasteiger charge is -2.19. The van der Waals surface area contributed by atoms with Crippen molar-refractivity contribution in [3.05, 3.63) is 54.1 Å². The van der Waals surface area contributed by atoms with Gasteiger partial charge in [-0.1, -0.05) is 45.0 Å². The van der Waals surface area contributed by atoms with Gasteiger partial charge in [0.15, 0.2) is 12.7 Å². The summed E-state index contributed by atoms with van der Waals surface area (Å²) in [5.74, 6) is 0.0162. The minimum Gasteiger partial charge on any atom is -0.495 e. The van der Waals surface area contributed by atoms with Gasteiger partial charge in [0.1, 0.15) is 11.5 Å². The second kappa shape index (κ2) is 9.26. The Kier molecular flexibility index (Phi) is 7.04. The highest BCUT2D eigenvalue weighted by Gasteiger charge is 2.19. The number of carbonyl (C=O) groups excluding carboxylic acids is 2. The van der Waals surface area contributed by atoms with E-state index in [2.05, 4.69) is 26.1 Å². The van der Waals surface area contributed by atoms with E-state index in [-0.39, 0.29) is 12.0 Å². The molecule has 0 aliphatic heterocycles. The first-order chi connectivity index (χ1) is 13.2. The molecule has 0 bridgehead atoms. The largest absolute Gasteiger partial charge is 0.495 e. The van der Waals surface area contributed by atoms with Crippen LogP contribution in [0, 0.1) is 0 Å². The van der Waals surface area contributed by atoms with Gasteiger partial charge in [0.2, 0.25) is 0 Å². The number of esters is 1. The fourth-order valence-corrected chi connectivity index (χ4v) is 2.46. The zero-order chi connectivity index (χ0) is 20.7. The van der Waals surface area contributed by atoms with Gasteiger partial charge in [-0.25, -0.2) is 4.79 Å².